The van der Waals surface area contributed by atoms with Crippen LogP contribution in [0.25, 0.3) is 0 Å². The molecule has 1 atom stereocenters. The van der Waals surface area contributed by atoms with E-state index in [1.807, 2.05) is 40.7 Å². The van der Waals surface area contributed by atoms with Gasteiger partial charge in [0.25, 0.3) is 0 Å². The molecule has 1 saturated heterocycles. The first-order chi connectivity index (χ1) is 15.9. The molecule has 0 unspecified atom stereocenters. The number of rotatable bonds is 10. The molecule has 0 aliphatic carbocycles. The summed E-state index contributed by atoms with van der Waals surface area (Å²) in [5, 5.41) is 6.95. The Labute approximate surface area is 209 Å². The molecule has 1 fully saturated rings. The minimum atomic E-state index is -0.616. The van der Waals surface area contributed by atoms with Crippen molar-refractivity contribution in [3.05, 3.63) is 34.2 Å². The monoisotopic (exact) mass is 499 g/mol. The van der Waals surface area contributed by atoms with Gasteiger partial charge in [0.2, 0.25) is 5.91 Å². The smallest absolute Gasteiger partial charge is 0.410 e. The molecule has 2 amide bonds. The van der Waals surface area contributed by atoms with E-state index in [0.29, 0.717) is 31.2 Å². The SMILES string of the molecule is C/C=C(\C(CNC(=O)COC)=C(N/C=C(/Cl)CC)C(C)C)[C@@H]1COCCN1C(=O)OC(C)(C)C. The van der Waals surface area contributed by atoms with E-state index in [0.717, 1.165) is 16.8 Å². The first kappa shape index (κ1) is 30.0. The van der Waals surface area contributed by atoms with Crippen LogP contribution in [0.1, 0.15) is 54.9 Å². The third-order valence-electron chi connectivity index (χ3n) is 5.14. The quantitative estimate of drug-likeness (QED) is 0.435. The zero-order valence-corrected chi connectivity index (χ0v) is 22.7. The largest absolute Gasteiger partial charge is 0.444 e. The van der Waals surface area contributed by atoms with Crippen LogP contribution in [0.5, 0.6) is 0 Å². The van der Waals surface area contributed by atoms with E-state index in [9.17, 15) is 9.59 Å². The van der Waals surface area contributed by atoms with Crippen LogP contribution in [0.3, 0.4) is 0 Å². The molecule has 0 bridgehead atoms. The summed E-state index contributed by atoms with van der Waals surface area (Å²) in [6, 6.07) is -0.371. The number of hydrogen-bond donors (Lipinski definition) is 2. The highest BCUT2D eigenvalue weighted by atomic mass is 35.5. The van der Waals surface area contributed by atoms with Crippen molar-refractivity contribution in [1.29, 1.82) is 0 Å². The zero-order chi connectivity index (χ0) is 25.9. The lowest BCUT2D eigenvalue weighted by Crippen LogP contribution is -2.52. The van der Waals surface area contributed by atoms with Gasteiger partial charge in [0.05, 0.1) is 19.3 Å². The molecule has 0 aromatic heterocycles. The number of carbonyl (C=O) groups excluding carboxylic acids is 2. The van der Waals surface area contributed by atoms with Crippen LogP contribution in [0.4, 0.5) is 4.79 Å². The zero-order valence-electron chi connectivity index (χ0n) is 21.9. The van der Waals surface area contributed by atoms with Crippen molar-refractivity contribution in [2.75, 3.05) is 40.0 Å². The van der Waals surface area contributed by atoms with Crippen LogP contribution >= 0.6 is 11.6 Å². The summed E-state index contributed by atoms with van der Waals surface area (Å²) in [4.78, 5) is 27.0. The number of carbonyl (C=O) groups is 2. The van der Waals surface area contributed by atoms with Gasteiger partial charge in [0.1, 0.15) is 12.2 Å². The van der Waals surface area contributed by atoms with Crippen molar-refractivity contribution in [3.8, 4) is 0 Å². The number of ether oxygens (including phenoxy) is 3. The van der Waals surface area contributed by atoms with E-state index in [4.69, 9.17) is 25.8 Å². The summed E-state index contributed by atoms with van der Waals surface area (Å²) in [5.41, 5.74) is 2.02. The fraction of sp³-hybridized carbons (Fsp3) is 0.680. The number of amides is 2. The molecule has 1 heterocycles. The summed E-state index contributed by atoms with van der Waals surface area (Å²) in [7, 11) is 1.48. The van der Waals surface area contributed by atoms with Gasteiger partial charge in [-0.05, 0) is 51.2 Å². The van der Waals surface area contributed by atoms with Gasteiger partial charge in [0.15, 0.2) is 0 Å². The van der Waals surface area contributed by atoms with Crippen LogP contribution in [-0.4, -0.2) is 68.6 Å². The maximum absolute atomic E-state index is 13.1. The van der Waals surface area contributed by atoms with E-state index in [1.165, 1.54) is 7.11 Å². The first-order valence-electron chi connectivity index (χ1n) is 11.8. The summed E-state index contributed by atoms with van der Waals surface area (Å²) < 4.78 is 16.4. The highest BCUT2D eigenvalue weighted by Gasteiger charge is 2.35. The molecular weight excluding hydrogens is 458 g/mol. The molecule has 8 nitrogen and oxygen atoms in total. The molecule has 0 saturated carbocycles. The van der Waals surface area contributed by atoms with Crippen molar-refractivity contribution in [3.63, 3.8) is 0 Å². The first-order valence-corrected chi connectivity index (χ1v) is 12.2. The minimum Gasteiger partial charge on any atom is -0.444 e. The number of halogens is 1. The molecule has 194 valence electrons. The third-order valence-corrected chi connectivity index (χ3v) is 5.51. The highest BCUT2D eigenvalue weighted by molar-refractivity contribution is 6.29. The van der Waals surface area contributed by atoms with Crippen molar-refractivity contribution >= 4 is 23.6 Å². The number of allylic oxidation sites excluding steroid dienone is 3. The second-order valence-corrected chi connectivity index (χ2v) is 9.84. The Morgan fingerprint density at radius 1 is 1.29 bits per heavy atom. The molecule has 1 rings (SSSR count). The average Bonchev–Trinajstić information content (AvgIpc) is 2.76. The van der Waals surface area contributed by atoms with Crippen molar-refractivity contribution in [2.24, 2.45) is 5.92 Å². The van der Waals surface area contributed by atoms with Crippen molar-refractivity contribution in [1.82, 2.24) is 15.5 Å². The van der Waals surface area contributed by atoms with E-state index in [2.05, 4.69) is 24.5 Å². The van der Waals surface area contributed by atoms with Crippen LogP contribution < -0.4 is 10.6 Å². The lowest BCUT2D eigenvalue weighted by atomic mass is 9.91. The fourth-order valence-corrected chi connectivity index (χ4v) is 3.60. The molecule has 2 N–H and O–H groups in total. The molecule has 1 aliphatic heterocycles. The van der Waals surface area contributed by atoms with Crippen LogP contribution in [-0.2, 0) is 19.0 Å². The Morgan fingerprint density at radius 3 is 2.50 bits per heavy atom. The van der Waals surface area contributed by atoms with Gasteiger partial charge < -0.3 is 24.8 Å². The molecule has 34 heavy (non-hydrogen) atoms. The van der Waals surface area contributed by atoms with E-state index in [1.54, 1.807) is 11.1 Å². The summed E-state index contributed by atoms with van der Waals surface area (Å²) in [6.45, 7) is 14.9. The van der Waals surface area contributed by atoms with Gasteiger partial charge in [-0.2, -0.15) is 0 Å². The van der Waals surface area contributed by atoms with Gasteiger partial charge in [-0.1, -0.05) is 38.4 Å². The number of morpholine rings is 1. The van der Waals surface area contributed by atoms with E-state index < -0.39 is 11.7 Å². The van der Waals surface area contributed by atoms with Gasteiger partial charge >= 0.3 is 6.09 Å². The molecule has 0 radical (unpaired) electrons. The second-order valence-electron chi connectivity index (χ2n) is 9.35. The van der Waals surface area contributed by atoms with Crippen LogP contribution in [0, 0.1) is 5.92 Å². The maximum atomic E-state index is 13.1. The Morgan fingerprint density at radius 2 is 1.97 bits per heavy atom. The van der Waals surface area contributed by atoms with Gasteiger partial charge in [-0.25, -0.2) is 4.79 Å². The van der Waals surface area contributed by atoms with E-state index in [-0.39, 0.29) is 31.0 Å². The minimum absolute atomic E-state index is 0.0406. The number of methoxy groups -OCH3 is 1. The van der Waals surface area contributed by atoms with Crippen molar-refractivity contribution in [2.45, 2.75) is 66.5 Å². The third kappa shape index (κ3) is 9.68. The van der Waals surface area contributed by atoms with Gasteiger partial charge in [0, 0.05) is 37.1 Å². The molecule has 1 aliphatic rings. The highest BCUT2D eigenvalue weighted by Crippen LogP contribution is 2.28. The predicted octanol–water partition coefficient (Wildman–Crippen LogP) is 4.32. The normalized spacial score (nSPS) is 18.5. The number of nitrogens with zero attached hydrogens (tertiary/aromatic N) is 1. The number of hydrogen-bond acceptors (Lipinski definition) is 6. The van der Waals surface area contributed by atoms with Gasteiger partial charge in [-0.15, -0.1) is 0 Å². The molecule has 0 aromatic carbocycles. The standard InChI is InChI=1S/C25H42ClN3O5/c1-9-18(26)13-28-23(17(3)4)20(14-27-22(30)16-32-8)19(10-2)21-15-33-12-11-29(21)24(31)34-25(5,6)7/h10,13,17,21,28H,9,11-12,14-16H2,1-8H3,(H,27,30)/b18-13+,19-10+,23-20?/t21-/m0/s1. The van der Waals surface area contributed by atoms with Crippen molar-refractivity contribution < 1.29 is 23.8 Å². The predicted molar refractivity (Wildman–Crippen MR) is 135 cm³/mol. The Hall–Kier alpha value is -2.03. The average molecular weight is 500 g/mol. The van der Waals surface area contributed by atoms with Gasteiger partial charge in [-0.3, -0.25) is 9.69 Å². The summed E-state index contributed by atoms with van der Waals surface area (Å²) >= 11 is 6.26. The van der Waals surface area contributed by atoms with Crippen LogP contribution in [0.2, 0.25) is 0 Å². The molecular formula is C25H42ClN3O5. The Balaban J connectivity index is 3.49. The fourth-order valence-electron chi connectivity index (χ4n) is 3.55. The Bertz CT molecular complexity index is 784. The molecule has 9 heteroatoms. The summed E-state index contributed by atoms with van der Waals surface area (Å²) in [5.74, 6) is -0.147. The molecule has 0 aromatic rings. The molecule has 0 spiro atoms. The topological polar surface area (TPSA) is 89.1 Å². The van der Waals surface area contributed by atoms with Crippen LogP contribution in [0.15, 0.2) is 34.2 Å². The Kier molecular flexibility index (Phi) is 12.7. The second kappa shape index (κ2) is 14.4. The lowest BCUT2D eigenvalue weighted by molar-refractivity contribution is -0.124. The van der Waals surface area contributed by atoms with E-state index >= 15 is 0 Å². The lowest BCUT2D eigenvalue weighted by Gasteiger charge is -2.39. The summed E-state index contributed by atoms with van der Waals surface area (Å²) in [6.07, 6.45) is 4.03. The number of nitrogens with one attached hydrogen (secondary N) is 2. The maximum Gasteiger partial charge on any atom is 0.410 e.